The van der Waals surface area contributed by atoms with E-state index in [4.69, 9.17) is 15.2 Å². The molecule has 15 heavy (non-hydrogen) atoms. The monoisotopic (exact) mass is 210 g/mol. The quantitative estimate of drug-likeness (QED) is 0.738. The van der Waals surface area contributed by atoms with E-state index in [2.05, 4.69) is 0 Å². The third-order valence-corrected chi connectivity index (χ3v) is 2.21. The van der Waals surface area contributed by atoms with Gasteiger partial charge in [-0.15, -0.1) is 0 Å². The van der Waals surface area contributed by atoms with Gasteiger partial charge in [-0.25, -0.2) is 0 Å². The number of nitrogens with two attached hydrogens (primary N) is 1. The van der Waals surface area contributed by atoms with Crippen LogP contribution in [0.1, 0.15) is 5.56 Å². The first-order chi connectivity index (χ1) is 7.21. The molecule has 4 nitrogen and oxygen atoms in total. The first-order valence-corrected chi connectivity index (χ1v) is 4.80. The number of rotatable bonds is 5. The van der Waals surface area contributed by atoms with Gasteiger partial charge in [0, 0.05) is 13.2 Å². The van der Waals surface area contributed by atoms with Crippen LogP contribution in [0.25, 0.3) is 0 Å². The summed E-state index contributed by atoms with van der Waals surface area (Å²) in [5.41, 5.74) is 6.67. The van der Waals surface area contributed by atoms with Crippen LogP contribution in [-0.2, 0) is 6.54 Å². The lowest BCUT2D eigenvalue weighted by Gasteiger charge is -2.15. The maximum absolute atomic E-state index is 5.52. The largest absolute Gasteiger partial charge is 0.493 e. The Balaban J connectivity index is 2.83. The molecule has 1 rings (SSSR count). The van der Waals surface area contributed by atoms with Crippen molar-refractivity contribution in [2.45, 2.75) is 6.54 Å². The van der Waals surface area contributed by atoms with Crippen LogP contribution < -0.4 is 15.2 Å². The van der Waals surface area contributed by atoms with E-state index in [0.29, 0.717) is 6.67 Å². The Kier molecular flexibility index (Phi) is 4.39. The molecule has 0 aliphatic carbocycles. The van der Waals surface area contributed by atoms with E-state index in [1.54, 1.807) is 14.2 Å². The van der Waals surface area contributed by atoms with Crippen LogP contribution in [0.4, 0.5) is 0 Å². The van der Waals surface area contributed by atoms with Crippen molar-refractivity contribution in [3.63, 3.8) is 0 Å². The van der Waals surface area contributed by atoms with Crippen molar-refractivity contribution in [1.82, 2.24) is 4.90 Å². The van der Waals surface area contributed by atoms with Gasteiger partial charge in [0.15, 0.2) is 11.5 Å². The molecule has 1 aromatic rings. The van der Waals surface area contributed by atoms with Crippen LogP contribution in [0.15, 0.2) is 18.2 Å². The minimum absolute atomic E-state index is 0.536. The van der Waals surface area contributed by atoms with Gasteiger partial charge < -0.3 is 15.2 Å². The molecule has 0 spiro atoms. The van der Waals surface area contributed by atoms with Gasteiger partial charge in [-0.1, -0.05) is 6.07 Å². The molecule has 0 fully saturated rings. The van der Waals surface area contributed by atoms with Gasteiger partial charge in [0.05, 0.1) is 14.2 Å². The highest BCUT2D eigenvalue weighted by atomic mass is 16.5. The summed E-state index contributed by atoms with van der Waals surface area (Å²) >= 11 is 0. The van der Waals surface area contributed by atoms with Crippen molar-refractivity contribution in [3.8, 4) is 11.5 Å². The van der Waals surface area contributed by atoms with E-state index in [0.717, 1.165) is 23.6 Å². The van der Waals surface area contributed by atoms with Crippen molar-refractivity contribution < 1.29 is 9.47 Å². The smallest absolute Gasteiger partial charge is 0.161 e. The Morgan fingerprint density at radius 2 is 1.87 bits per heavy atom. The lowest BCUT2D eigenvalue weighted by molar-refractivity contribution is 0.332. The summed E-state index contributed by atoms with van der Waals surface area (Å²) in [4.78, 5) is 2.02. The third kappa shape index (κ3) is 3.11. The topological polar surface area (TPSA) is 47.7 Å². The van der Waals surface area contributed by atoms with Crippen LogP contribution in [0.2, 0.25) is 0 Å². The van der Waals surface area contributed by atoms with Crippen LogP contribution in [0.5, 0.6) is 11.5 Å². The first kappa shape index (κ1) is 11.8. The van der Waals surface area contributed by atoms with Gasteiger partial charge in [-0.2, -0.15) is 0 Å². The molecule has 0 saturated heterocycles. The van der Waals surface area contributed by atoms with Gasteiger partial charge in [-0.3, -0.25) is 4.90 Å². The Morgan fingerprint density at radius 3 is 2.40 bits per heavy atom. The summed E-state index contributed by atoms with van der Waals surface area (Å²) in [5, 5.41) is 0. The molecular weight excluding hydrogens is 192 g/mol. The zero-order chi connectivity index (χ0) is 11.3. The fourth-order valence-electron chi connectivity index (χ4n) is 1.36. The molecule has 0 aromatic heterocycles. The number of nitrogens with zero attached hydrogens (tertiary/aromatic N) is 1. The van der Waals surface area contributed by atoms with Gasteiger partial charge in [0.25, 0.3) is 0 Å². The molecule has 0 amide bonds. The maximum atomic E-state index is 5.52. The number of hydrogen-bond acceptors (Lipinski definition) is 4. The predicted molar refractivity (Wildman–Crippen MR) is 60.1 cm³/mol. The highest BCUT2D eigenvalue weighted by Crippen LogP contribution is 2.27. The second-order valence-corrected chi connectivity index (χ2v) is 3.39. The Labute approximate surface area is 90.6 Å². The first-order valence-electron chi connectivity index (χ1n) is 4.80. The van der Waals surface area contributed by atoms with Crippen LogP contribution >= 0.6 is 0 Å². The zero-order valence-corrected chi connectivity index (χ0v) is 9.49. The van der Waals surface area contributed by atoms with Gasteiger partial charge in [0.1, 0.15) is 0 Å². The summed E-state index contributed by atoms with van der Waals surface area (Å²) in [6, 6.07) is 5.87. The van der Waals surface area contributed by atoms with Crippen LogP contribution in [0.3, 0.4) is 0 Å². The molecule has 0 aliphatic rings. The highest BCUT2D eigenvalue weighted by Gasteiger charge is 2.05. The summed E-state index contributed by atoms with van der Waals surface area (Å²) in [5.74, 6) is 1.50. The van der Waals surface area contributed by atoms with Crippen LogP contribution in [0, 0.1) is 0 Å². The van der Waals surface area contributed by atoms with E-state index in [1.807, 2.05) is 30.1 Å². The molecule has 0 unspecified atom stereocenters. The molecule has 0 saturated carbocycles. The summed E-state index contributed by atoms with van der Waals surface area (Å²) in [6.45, 7) is 1.34. The average molecular weight is 210 g/mol. The average Bonchev–Trinajstić information content (AvgIpc) is 2.28. The van der Waals surface area contributed by atoms with Crippen LogP contribution in [-0.4, -0.2) is 32.8 Å². The van der Waals surface area contributed by atoms with E-state index in [9.17, 15) is 0 Å². The third-order valence-electron chi connectivity index (χ3n) is 2.21. The molecule has 2 N–H and O–H groups in total. The van der Waals surface area contributed by atoms with Crippen molar-refractivity contribution in [3.05, 3.63) is 23.8 Å². The number of benzene rings is 1. The molecule has 0 radical (unpaired) electrons. The molecule has 0 atom stereocenters. The molecule has 1 aromatic carbocycles. The SMILES string of the molecule is COc1ccc(CN(C)CN)cc1OC. The minimum Gasteiger partial charge on any atom is -0.493 e. The van der Waals surface area contributed by atoms with E-state index < -0.39 is 0 Å². The molecule has 4 heteroatoms. The maximum Gasteiger partial charge on any atom is 0.161 e. The summed E-state index contributed by atoms with van der Waals surface area (Å²) in [7, 11) is 5.23. The molecular formula is C11H18N2O2. The Morgan fingerprint density at radius 1 is 1.20 bits per heavy atom. The Hall–Kier alpha value is -1.26. The molecule has 0 heterocycles. The number of ether oxygens (including phenoxy) is 2. The summed E-state index contributed by atoms with van der Waals surface area (Å²) in [6.07, 6.45) is 0. The molecule has 0 aliphatic heterocycles. The number of methoxy groups -OCH3 is 2. The fraction of sp³-hybridized carbons (Fsp3) is 0.455. The van der Waals surface area contributed by atoms with Gasteiger partial charge >= 0.3 is 0 Å². The van der Waals surface area contributed by atoms with Crippen molar-refractivity contribution in [1.29, 1.82) is 0 Å². The standard InChI is InChI=1S/C11H18N2O2/c1-13(8-12)7-9-4-5-10(14-2)11(6-9)15-3/h4-6H,7-8,12H2,1-3H3. The summed E-state index contributed by atoms with van der Waals surface area (Å²) < 4.78 is 10.4. The predicted octanol–water partition coefficient (Wildman–Crippen LogP) is 1.05. The van der Waals surface area contributed by atoms with Crippen molar-refractivity contribution in [2.24, 2.45) is 5.73 Å². The lowest BCUT2D eigenvalue weighted by atomic mass is 10.2. The zero-order valence-electron chi connectivity index (χ0n) is 9.49. The van der Waals surface area contributed by atoms with Gasteiger partial charge in [-0.05, 0) is 24.7 Å². The Bertz CT molecular complexity index is 315. The number of hydrogen-bond donors (Lipinski definition) is 1. The van der Waals surface area contributed by atoms with Crippen molar-refractivity contribution >= 4 is 0 Å². The highest BCUT2D eigenvalue weighted by molar-refractivity contribution is 5.42. The van der Waals surface area contributed by atoms with Gasteiger partial charge in [0.2, 0.25) is 0 Å². The minimum atomic E-state index is 0.536. The normalized spacial score (nSPS) is 10.5. The molecule has 0 bridgehead atoms. The second kappa shape index (κ2) is 5.58. The fourth-order valence-corrected chi connectivity index (χ4v) is 1.36. The lowest BCUT2D eigenvalue weighted by Crippen LogP contribution is -2.24. The van der Waals surface area contributed by atoms with E-state index >= 15 is 0 Å². The van der Waals surface area contributed by atoms with Crippen molar-refractivity contribution in [2.75, 3.05) is 27.9 Å². The second-order valence-electron chi connectivity index (χ2n) is 3.39. The van der Waals surface area contributed by atoms with E-state index in [-0.39, 0.29) is 0 Å². The molecule has 84 valence electrons. The van der Waals surface area contributed by atoms with E-state index in [1.165, 1.54) is 0 Å².